The lowest BCUT2D eigenvalue weighted by molar-refractivity contribution is -0.138. The number of H-pyrrole nitrogens is 1. The third-order valence-corrected chi connectivity index (χ3v) is 4.00. The Labute approximate surface area is 121 Å². The summed E-state index contributed by atoms with van der Waals surface area (Å²) in [6.45, 7) is -0.273. The fourth-order valence-electron chi connectivity index (χ4n) is 2.99. The Kier molecular flexibility index (Phi) is 3.60. The van der Waals surface area contributed by atoms with Crippen LogP contribution in [0.5, 0.6) is 0 Å². The molecule has 0 bridgehead atoms. The fraction of sp³-hybridized carbons (Fsp3) is 0.400. The van der Waals surface area contributed by atoms with Crippen LogP contribution in [0, 0.1) is 0 Å². The molecule has 0 saturated heterocycles. The van der Waals surface area contributed by atoms with E-state index in [0.29, 0.717) is 5.69 Å². The minimum atomic E-state index is -0.991. The van der Waals surface area contributed by atoms with Crippen LogP contribution in [0.4, 0.5) is 0 Å². The standard InChI is InChI=1S/C15H17N3O3/c19-13(20)9-18(10-5-1-2-6-10)15(21)14-11-7-3-4-8-12(11)16-17-14/h3-4,7-8,10H,1-2,5-6,9H2,(H,16,17)(H,19,20). The summed E-state index contributed by atoms with van der Waals surface area (Å²) >= 11 is 0. The van der Waals surface area contributed by atoms with Crippen LogP contribution in [-0.2, 0) is 4.79 Å². The van der Waals surface area contributed by atoms with Gasteiger partial charge in [-0.05, 0) is 18.9 Å². The molecule has 0 atom stereocenters. The molecule has 1 aliphatic carbocycles. The molecule has 0 spiro atoms. The molecule has 1 saturated carbocycles. The Balaban J connectivity index is 1.94. The van der Waals surface area contributed by atoms with E-state index in [2.05, 4.69) is 10.2 Å². The van der Waals surface area contributed by atoms with Crippen LogP contribution in [0.1, 0.15) is 36.2 Å². The average molecular weight is 287 g/mol. The van der Waals surface area contributed by atoms with Crippen molar-refractivity contribution in [2.45, 2.75) is 31.7 Å². The molecule has 1 aromatic carbocycles. The molecular weight excluding hydrogens is 270 g/mol. The number of aromatic nitrogens is 2. The van der Waals surface area contributed by atoms with Gasteiger partial charge in [0.1, 0.15) is 6.54 Å². The lowest BCUT2D eigenvalue weighted by Gasteiger charge is -2.26. The van der Waals surface area contributed by atoms with E-state index >= 15 is 0 Å². The van der Waals surface area contributed by atoms with Gasteiger partial charge in [0.05, 0.1) is 5.52 Å². The van der Waals surface area contributed by atoms with Gasteiger partial charge in [-0.3, -0.25) is 14.7 Å². The summed E-state index contributed by atoms with van der Waals surface area (Å²) in [6.07, 6.45) is 3.80. The molecule has 2 N–H and O–H groups in total. The number of carboxylic acid groups (broad SMARTS) is 1. The van der Waals surface area contributed by atoms with Crippen LogP contribution in [0.25, 0.3) is 10.9 Å². The van der Waals surface area contributed by atoms with Crippen molar-refractivity contribution in [3.05, 3.63) is 30.0 Å². The fourth-order valence-corrected chi connectivity index (χ4v) is 2.99. The molecule has 6 nitrogen and oxygen atoms in total. The first-order valence-corrected chi connectivity index (χ1v) is 7.12. The van der Waals surface area contributed by atoms with Crippen molar-refractivity contribution in [1.29, 1.82) is 0 Å². The van der Waals surface area contributed by atoms with E-state index in [9.17, 15) is 9.59 Å². The first kappa shape index (κ1) is 13.6. The summed E-state index contributed by atoms with van der Waals surface area (Å²) in [5.74, 6) is -1.29. The molecule has 6 heteroatoms. The molecule has 0 radical (unpaired) electrons. The van der Waals surface area contributed by atoms with Crippen molar-refractivity contribution in [1.82, 2.24) is 15.1 Å². The highest BCUT2D eigenvalue weighted by Gasteiger charge is 2.31. The lowest BCUT2D eigenvalue weighted by Crippen LogP contribution is -2.42. The van der Waals surface area contributed by atoms with Gasteiger partial charge in [0.15, 0.2) is 5.69 Å². The number of amides is 1. The highest BCUT2D eigenvalue weighted by Crippen LogP contribution is 2.26. The van der Waals surface area contributed by atoms with Crippen molar-refractivity contribution in [3.8, 4) is 0 Å². The maximum Gasteiger partial charge on any atom is 0.323 e. The Morgan fingerprint density at radius 2 is 2.00 bits per heavy atom. The topological polar surface area (TPSA) is 86.3 Å². The number of para-hydroxylation sites is 1. The monoisotopic (exact) mass is 287 g/mol. The SMILES string of the molecule is O=C(O)CN(C(=O)c1n[nH]c2ccccc12)C1CCCC1. The smallest absolute Gasteiger partial charge is 0.323 e. The van der Waals surface area contributed by atoms with Gasteiger partial charge in [-0.15, -0.1) is 0 Å². The van der Waals surface area contributed by atoms with Gasteiger partial charge in [-0.1, -0.05) is 31.0 Å². The van der Waals surface area contributed by atoms with Crippen LogP contribution < -0.4 is 0 Å². The highest BCUT2D eigenvalue weighted by molar-refractivity contribution is 6.05. The van der Waals surface area contributed by atoms with E-state index in [4.69, 9.17) is 5.11 Å². The van der Waals surface area contributed by atoms with Gasteiger partial charge < -0.3 is 10.0 Å². The van der Waals surface area contributed by atoms with Crippen molar-refractivity contribution in [3.63, 3.8) is 0 Å². The maximum atomic E-state index is 12.7. The Bertz CT molecular complexity index is 674. The Morgan fingerprint density at radius 3 is 2.71 bits per heavy atom. The third kappa shape index (κ3) is 2.61. The normalized spacial score (nSPS) is 15.4. The molecule has 1 aromatic heterocycles. The average Bonchev–Trinajstić information content (AvgIpc) is 3.13. The van der Waals surface area contributed by atoms with Crippen LogP contribution >= 0.6 is 0 Å². The van der Waals surface area contributed by atoms with Gasteiger partial charge in [0.25, 0.3) is 5.91 Å². The van der Waals surface area contributed by atoms with E-state index < -0.39 is 5.97 Å². The second kappa shape index (κ2) is 5.55. The molecule has 21 heavy (non-hydrogen) atoms. The van der Waals surface area contributed by atoms with E-state index in [0.717, 1.165) is 36.6 Å². The highest BCUT2D eigenvalue weighted by atomic mass is 16.4. The second-order valence-corrected chi connectivity index (χ2v) is 5.38. The van der Waals surface area contributed by atoms with E-state index in [1.165, 1.54) is 4.90 Å². The molecule has 2 aromatic rings. The quantitative estimate of drug-likeness (QED) is 0.901. The number of aromatic amines is 1. The molecule has 1 heterocycles. The number of nitrogens with one attached hydrogen (secondary N) is 1. The van der Waals surface area contributed by atoms with Crippen molar-refractivity contribution in [2.24, 2.45) is 0 Å². The van der Waals surface area contributed by atoms with Crippen molar-refractivity contribution < 1.29 is 14.7 Å². The van der Waals surface area contributed by atoms with Gasteiger partial charge >= 0.3 is 5.97 Å². The first-order valence-electron chi connectivity index (χ1n) is 7.12. The number of hydrogen-bond donors (Lipinski definition) is 2. The number of nitrogens with zero attached hydrogens (tertiary/aromatic N) is 2. The number of hydrogen-bond acceptors (Lipinski definition) is 3. The summed E-state index contributed by atoms with van der Waals surface area (Å²) in [5.41, 5.74) is 1.08. The molecule has 0 unspecified atom stereocenters. The molecule has 1 fully saturated rings. The van der Waals surface area contributed by atoms with E-state index in [1.54, 1.807) is 0 Å². The van der Waals surface area contributed by atoms with Gasteiger partial charge in [-0.25, -0.2) is 0 Å². The molecule has 1 amide bonds. The van der Waals surface area contributed by atoms with Crippen LogP contribution in [0.15, 0.2) is 24.3 Å². The second-order valence-electron chi connectivity index (χ2n) is 5.38. The minimum Gasteiger partial charge on any atom is -0.480 e. The van der Waals surface area contributed by atoms with E-state index in [1.807, 2.05) is 24.3 Å². The number of aliphatic carboxylic acids is 1. The predicted molar refractivity (Wildman–Crippen MR) is 77.0 cm³/mol. The molecule has 110 valence electrons. The van der Waals surface area contributed by atoms with Crippen molar-refractivity contribution >= 4 is 22.8 Å². The zero-order valence-corrected chi connectivity index (χ0v) is 11.6. The number of benzene rings is 1. The summed E-state index contributed by atoms with van der Waals surface area (Å²) in [7, 11) is 0. The van der Waals surface area contributed by atoms with E-state index in [-0.39, 0.29) is 18.5 Å². The number of fused-ring (bicyclic) bond motifs is 1. The third-order valence-electron chi connectivity index (χ3n) is 4.00. The Morgan fingerprint density at radius 1 is 1.29 bits per heavy atom. The number of carbonyl (C=O) groups excluding carboxylic acids is 1. The van der Waals surface area contributed by atoms with Gasteiger partial charge in [-0.2, -0.15) is 5.10 Å². The number of carboxylic acids is 1. The summed E-state index contributed by atoms with van der Waals surface area (Å²) in [5, 5.41) is 16.7. The summed E-state index contributed by atoms with van der Waals surface area (Å²) in [4.78, 5) is 25.3. The van der Waals surface area contributed by atoms with Crippen LogP contribution in [0.3, 0.4) is 0 Å². The molecule has 0 aliphatic heterocycles. The maximum absolute atomic E-state index is 12.7. The first-order chi connectivity index (χ1) is 10.2. The summed E-state index contributed by atoms with van der Waals surface area (Å²) in [6, 6.07) is 7.37. The summed E-state index contributed by atoms with van der Waals surface area (Å²) < 4.78 is 0. The van der Waals surface area contributed by atoms with Crippen LogP contribution in [-0.4, -0.2) is 44.7 Å². The zero-order valence-electron chi connectivity index (χ0n) is 11.6. The minimum absolute atomic E-state index is 0.00376. The largest absolute Gasteiger partial charge is 0.480 e. The Hall–Kier alpha value is -2.37. The molecule has 3 rings (SSSR count). The zero-order chi connectivity index (χ0) is 14.8. The van der Waals surface area contributed by atoms with Crippen molar-refractivity contribution in [2.75, 3.05) is 6.54 Å². The van der Waals surface area contributed by atoms with Crippen LogP contribution in [0.2, 0.25) is 0 Å². The number of carbonyl (C=O) groups is 2. The predicted octanol–water partition coefficient (Wildman–Crippen LogP) is 2.03. The number of rotatable bonds is 4. The molecular formula is C15H17N3O3. The molecule has 1 aliphatic rings. The van der Waals surface area contributed by atoms with Gasteiger partial charge in [0.2, 0.25) is 0 Å². The van der Waals surface area contributed by atoms with Gasteiger partial charge in [0, 0.05) is 11.4 Å². The lowest BCUT2D eigenvalue weighted by atomic mass is 10.1.